The van der Waals surface area contributed by atoms with Gasteiger partial charge in [0, 0.05) is 0 Å². The lowest BCUT2D eigenvalue weighted by atomic mass is 10.7. The minimum atomic E-state index is 0. The number of rotatable bonds is 0. The monoisotopic (exact) mass is 181 g/mol. The van der Waals surface area contributed by atoms with Crippen molar-refractivity contribution in [1.29, 1.82) is 0 Å². The molecule has 1 heterocycles. The van der Waals surface area contributed by atoms with Crippen LogP contribution in [0.1, 0.15) is 0 Å². The first-order valence-corrected chi connectivity index (χ1v) is 2.41. The van der Waals surface area contributed by atoms with Crippen molar-refractivity contribution < 1.29 is 17.0 Å². The minimum Gasteiger partial charge on any atom is -1.00 e. The van der Waals surface area contributed by atoms with E-state index in [4.69, 9.17) is 0 Å². The molecular formula is C4H8BrNS. The molecule has 7 heavy (non-hydrogen) atoms. The van der Waals surface area contributed by atoms with Crippen molar-refractivity contribution in [3.8, 4) is 0 Å². The standard InChI is InChI=1S/C4H4S.BrH.H3N/c1-2-4-5-3-1;;/h1-4H;1H;1H3. The van der Waals surface area contributed by atoms with Crippen LogP contribution in [0.4, 0.5) is 0 Å². The fourth-order valence-corrected chi connectivity index (χ4v) is 0.680. The topological polar surface area (TPSA) is 36.5 Å². The molecule has 0 aliphatic rings. The van der Waals surface area contributed by atoms with Crippen LogP contribution in [0.2, 0.25) is 0 Å². The molecule has 0 saturated heterocycles. The van der Waals surface area contributed by atoms with E-state index in [1.54, 1.807) is 11.3 Å². The van der Waals surface area contributed by atoms with E-state index >= 15 is 0 Å². The molecule has 0 bridgehead atoms. The zero-order valence-corrected chi connectivity index (χ0v) is 6.50. The van der Waals surface area contributed by atoms with Crippen LogP contribution in [-0.2, 0) is 0 Å². The fraction of sp³-hybridized carbons (Fsp3) is 0. The van der Waals surface area contributed by atoms with Gasteiger partial charge in [-0.25, -0.2) is 0 Å². The zero-order chi connectivity index (χ0) is 3.54. The first-order chi connectivity index (χ1) is 2.50. The third kappa shape index (κ3) is 3.98. The summed E-state index contributed by atoms with van der Waals surface area (Å²) in [6, 6.07) is 4.04. The molecule has 0 aliphatic heterocycles. The molecule has 1 aromatic rings. The van der Waals surface area contributed by atoms with E-state index in [9.17, 15) is 0 Å². The van der Waals surface area contributed by atoms with Crippen LogP contribution in [0.25, 0.3) is 0 Å². The summed E-state index contributed by atoms with van der Waals surface area (Å²) in [7, 11) is 0. The second kappa shape index (κ2) is 6.14. The van der Waals surface area contributed by atoms with E-state index in [-0.39, 0.29) is 23.1 Å². The number of quaternary nitrogens is 1. The highest BCUT2D eigenvalue weighted by atomic mass is 79.9. The quantitative estimate of drug-likeness (QED) is 0.541. The van der Waals surface area contributed by atoms with E-state index in [0.717, 1.165) is 0 Å². The van der Waals surface area contributed by atoms with Gasteiger partial charge in [0.15, 0.2) is 0 Å². The van der Waals surface area contributed by atoms with Crippen molar-refractivity contribution >= 4 is 11.3 Å². The van der Waals surface area contributed by atoms with Gasteiger partial charge in [0.05, 0.1) is 0 Å². The maximum absolute atomic E-state index is 2.04. The molecule has 3 heteroatoms. The highest BCUT2D eigenvalue weighted by molar-refractivity contribution is 7.07. The highest BCUT2D eigenvalue weighted by Crippen LogP contribution is 1.91. The first kappa shape index (κ1) is 10.2. The maximum atomic E-state index is 2.04. The Balaban J connectivity index is 0. The third-order valence-corrected chi connectivity index (χ3v) is 1.05. The summed E-state index contributed by atoms with van der Waals surface area (Å²) in [6.07, 6.45) is 0. The summed E-state index contributed by atoms with van der Waals surface area (Å²) < 4.78 is 0. The van der Waals surface area contributed by atoms with Gasteiger partial charge in [-0.15, -0.1) is 0 Å². The van der Waals surface area contributed by atoms with E-state index < -0.39 is 0 Å². The lowest BCUT2D eigenvalue weighted by Gasteiger charge is -1.39. The Morgan fingerprint density at radius 3 is 1.57 bits per heavy atom. The normalized spacial score (nSPS) is 5.71. The van der Waals surface area contributed by atoms with Gasteiger partial charge in [-0.1, -0.05) is 12.1 Å². The fourth-order valence-electron chi connectivity index (χ4n) is 0.227. The summed E-state index contributed by atoms with van der Waals surface area (Å²) in [5, 5.41) is 4.08. The van der Waals surface area contributed by atoms with Crippen molar-refractivity contribution in [2.24, 2.45) is 0 Å². The van der Waals surface area contributed by atoms with Crippen LogP contribution in [0.3, 0.4) is 0 Å². The van der Waals surface area contributed by atoms with Crippen LogP contribution in [0, 0.1) is 0 Å². The van der Waals surface area contributed by atoms with Crippen molar-refractivity contribution in [3.63, 3.8) is 0 Å². The molecule has 4 N–H and O–H groups in total. The molecular weight excluding hydrogens is 174 g/mol. The molecule has 1 rings (SSSR count). The Morgan fingerprint density at radius 1 is 1.00 bits per heavy atom. The second-order valence-electron chi connectivity index (χ2n) is 0.793. The van der Waals surface area contributed by atoms with Crippen molar-refractivity contribution in [2.45, 2.75) is 0 Å². The Labute approximate surface area is 57.7 Å². The molecule has 0 spiro atoms. The van der Waals surface area contributed by atoms with Gasteiger partial charge in [0.2, 0.25) is 0 Å². The van der Waals surface area contributed by atoms with Crippen LogP contribution in [-0.4, -0.2) is 0 Å². The van der Waals surface area contributed by atoms with E-state index in [0.29, 0.717) is 0 Å². The number of thiophene rings is 1. The largest absolute Gasteiger partial charge is 1.00 e. The van der Waals surface area contributed by atoms with Gasteiger partial charge in [0.1, 0.15) is 0 Å². The maximum Gasteiger partial charge on any atom is -0.00934 e. The van der Waals surface area contributed by atoms with Crippen molar-refractivity contribution in [1.82, 2.24) is 6.15 Å². The molecule has 0 aromatic carbocycles. The van der Waals surface area contributed by atoms with E-state index in [1.165, 1.54) is 0 Å². The molecule has 0 fully saturated rings. The summed E-state index contributed by atoms with van der Waals surface area (Å²) in [5.41, 5.74) is 0. The van der Waals surface area contributed by atoms with Gasteiger partial charge >= 0.3 is 0 Å². The summed E-state index contributed by atoms with van der Waals surface area (Å²) >= 11 is 1.71. The average molecular weight is 182 g/mol. The van der Waals surface area contributed by atoms with Crippen molar-refractivity contribution in [2.75, 3.05) is 0 Å². The molecule has 0 radical (unpaired) electrons. The highest BCUT2D eigenvalue weighted by Gasteiger charge is 1.58. The molecule has 1 nitrogen and oxygen atoms in total. The lowest BCUT2D eigenvalue weighted by Crippen LogP contribution is -3.00. The average Bonchev–Trinajstić information content (AvgIpc) is 1.76. The van der Waals surface area contributed by atoms with Crippen LogP contribution in [0.15, 0.2) is 22.9 Å². The number of halogens is 1. The predicted octanol–water partition coefficient (Wildman–Crippen LogP) is -0.872. The zero-order valence-electron chi connectivity index (χ0n) is 4.10. The van der Waals surface area contributed by atoms with Crippen LogP contribution in [0.5, 0.6) is 0 Å². The predicted molar refractivity (Wildman–Crippen MR) is 30.3 cm³/mol. The SMILES string of the molecule is [Br-].[NH4+].c1ccsc1. The molecule has 0 atom stereocenters. The summed E-state index contributed by atoms with van der Waals surface area (Å²) in [4.78, 5) is 0. The van der Waals surface area contributed by atoms with Crippen LogP contribution < -0.4 is 23.1 Å². The molecule has 0 amide bonds. The number of hydrogen-bond acceptors (Lipinski definition) is 1. The third-order valence-electron chi connectivity index (χ3n) is 0.425. The Kier molecular flexibility index (Phi) is 8.94. The van der Waals surface area contributed by atoms with Crippen LogP contribution >= 0.6 is 11.3 Å². The summed E-state index contributed by atoms with van der Waals surface area (Å²) in [5.74, 6) is 0. The lowest BCUT2D eigenvalue weighted by molar-refractivity contribution is -0.00000141. The molecule has 42 valence electrons. The summed E-state index contributed by atoms with van der Waals surface area (Å²) in [6.45, 7) is 0. The Bertz CT molecular complexity index is 68.2. The molecule has 1 aromatic heterocycles. The van der Waals surface area contributed by atoms with Crippen molar-refractivity contribution in [3.05, 3.63) is 22.9 Å². The Hall–Kier alpha value is 0.140. The molecule has 0 aliphatic carbocycles. The van der Waals surface area contributed by atoms with Gasteiger partial charge in [-0.3, -0.25) is 0 Å². The first-order valence-electron chi connectivity index (χ1n) is 1.47. The molecule has 0 saturated carbocycles. The molecule has 0 unspecified atom stereocenters. The van der Waals surface area contributed by atoms with E-state index in [1.807, 2.05) is 22.9 Å². The smallest absolute Gasteiger partial charge is 0.00934 e. The van der Waals surface area contributed by atoms with Gasteiger partial charge in [-0.05, 0) is 10.8 Å². The minimum absolute atomic E-state index is 0. The van der Waals surface area contributed by atoms with E-state index in [2.05, 4.69) is 0 Å². The van der Waals surface area contributed by atoms with Gasteiger partial charge in [0.25, 0.3) is 0 Å². The number of hydrogen-bond donors (Lipinski definition) is 1. The van der Waals surface area contributed by atoms with Gasteiger partial charge in [-0.2, -0.15) is 11.3 Å². The Morgan fingerprint density at radius 2 is 1.43 bits per heavy atom. The second-order valence-corrected chi connectivity index (χ2v) is 1.61. The van der Waals surface area contributed by atoms with Gasteiger partial charge < -0.3 is 23.1 Å².